The topological polar surface area (TPSA) is 48.5 Å². The number of rotatable bonds is 5. The van der Waals surface area contributed by atoms with E-state index in [2.05, 4.69) is 46.2 Å². The summed E-state index contributed by atoms with van der Waals surface area (Å²) in [6.07, 6.45) is 0. The number of carbonyl (C=O) groups is 1. The van der Waals surface area contributed by atoms with E-state index in [9.17, 15) is 4.79 Å². The Labute approximate surface area is 176 Å². The Balaban J connectivity index is 1.55. The molecule has 0 saturated carbocycles. The van der Waals surface area contributed by atoms with Crippen molar-refractivity contribution < 1.29 is 4.79 Å². The first-order chi connectivity index (χ1) is 14.1. The van der Waals surface area contributed by atoms with Crippen LogP contribution in [0.15, 0.2) is 60.0 Å². The molecule has 2 heterocycles. The summed E-state index contributed by atoms with van der Waals surface area (Å²) in [5.74, 6) is -0.0218. The van der Waals surface area contributed by atoms with Gasteiger partial charge in [-0.1, -0.05) is 54.6 Å². The number of aryl methyl sites for hydroxylation is 1. The monoisotopic (exact) mass is 406 g/mol. The summed E-state index contributed by atoms with van der Waals surface area (Å²) in [5, 5.41) is 5.72. The smallest absolute Gasteiger partial charge is 0.248 e. The molecule has 1 fully saturated rings. The lowest BCUT2D eigenvalue weighted by molar-refractivity contribution is -0.122. The molecular formula is C23H26N4OS. The van der Waals surface area contributed by atoms with E-state index >= 15 is 0 Å². The molecule has 0 bridgehead atoms. The molecule has 1 N–H and O–H groups in total. The fraction of sp³-hybridized carbons (Fsp3) is 0.304. The first kappa shape index (κ1) is 19.8. The van der Waals surface area contributed by atoms with E-state index in [-0.39, 0.29) is 11.9 Å². The van der Waals surface area contributed by atoms with Gasteiger partial charge in [-0.05, 0) is 25.1 Å². The average molecular weight is 407 g/mol. The summed E-state index contributed by atoms with van der Waals surface area (Å²) >= 11 is 1.47. The molecule has 1 aliphatic rings. The lowest BCUT2D eigenvalue weighted by atomic mass is 10.0. The third kappa shape index (κ3) is 4.56. The number of likely N-dealkylation sites (N-methyl/N-ethyl adjacent to an activating group) is 1. The predicted molar refractivity (Wildman–Crippen MR) is 119 cm³/mol. The number of hydrogen-bond donors (Lipinski definition) is 1. The maximum atomic E-state index is 13.3. The van der Waals surface area contributed by atoms with E-state index in [4.69, 9.17) is 0 Å². The molecule has 29 heavy (non-hydrogen) atoms. The second-order valence-corrected chi connectivity index (χ2v) is 8.35. The minimum atomic E-state index is -0.310. The van der Waals surface area contributed by atoms with Crippen LogP contribution < -0.4 is 5.32 Å². The van der Waals surface area contributed by atoms with E-state index in [1.165, 1.54) is 16.9 Å². The highest BCUT2D eigenvalue weighted by Gasteiger charge is 2.30. The zero-order valence-corrected chi connectivity index (χ0v) is 17.7. The van der Waals surface area contributed by atoms with Gasteiger partial charge in [0.1, 0.15) is 6.04 Å². The van der Waals surface area contributed by atoms with E-state index in [0.29, 0.717) is 5.13 Å². The molecule has 6 heteroatoms. The van der Waals surface area contributed by atoms with E-state index in [1.807, 2.05) is 47.8 Å². The maximum Gasteiger partial charge on any atom is 0.248 e. The Hall–Kier alpha value is -2.54. The van der Waals surface area contributed by atoms with E-state index in [1.54, 1.807) is 0 Å². The van der Waals surface area contributed by atoms with Crippen LogP contribution in [0.5, 0.6) is 0 Å². The van der Waals surface area contributed by atoms with Crippen LogP contribution in [0.1, 0.15) is 17.2 Å². The number of anilines is 1. The summed E-state index contributed by atoms with van der Waals surface area (Å²) in [6.45, 7) is 5.74. The van der Waals surface area contributed by atoms with Crippen LogP contribution in [0.3, 0.4) is 0 Å². The average Bonchev–Trinajstić information content (AvgIpc) is 3.19. The lowest BCUT2D eigenvalue weighted by Gasteiger charge is -2.37. The number of carbonyl (C=O) groups excluding carboxylic acids is 1. The SMILES string of the molecule is Cc1ccccc1-c1csc(NC(=O)C(c2ccccc2)N2CCN(C)CC2)n1. The molecule has 0 spiro atoms. The van der Waals surface area contributed by atoms with Crippen molar-refractivity contribution in [3.8, 4) is 11.3 Å². The molecule has 150 valence electrons. The van der Waals surface area contributed by atoms with E-state index < -0.39 is 0 Å². The summed E-state index contributed by atoms with van der Waals surface area (Å²) < 4.78 is 0. The van der Waals surface area contributed by atoms with Crippen LogP contribution in [0, 0.1) is 6.92 Å². The van der Waals surface area contributed by atoms with Crippen molar-refractivity contribution in [2.45, 2.75) is 13.0 Å². The Morgan fingerprint density at radius 1 is 1.03 bits per heavy atom. The highest BCUT2D eigenvalue weighted by atomic mass is 32.1. The zero-order chi connectivity index (χ0) is 20.2. The van der Waals surface area contributed by atoms with Gasteiger partial charge in [0.15, 0.2) is 5.13 Å². The predicted octanol–water partition coefficient (Wildman–Crippen LogP) is 4.05. The van der Waals surface area contributed by atoms with Gasteiger partial charge in [-0.15, -0.1) is 11.3 Å². The molecule has 1 aliphatic heterocycles. The van der Waals surface area contributed by atoms with Crippen molar-refractivity contribution >= 4 is 22.4 Å². The Bertz CT molecular complexity index is 964. The van der Waals surface area contributed by atoms with Crippen molar-refractivity contribution in [3.05, 3.63) is 71.1 Å². The molecule has 1 saturated heterocycles. The fourth-order valence-electron chi connectivity index (χ4n) is 3.73. The lowest BCUT2D eigenvalue weighted by Crippen LogP contribution is -2.48. The number of nitrogens with zero attached hydrogens (tertiary/aromatic N) is 3. The standard InChI is InChI=1S/C23H26N4OS/c1-17-8-6-7-11-19(17)20-16-29-23(24-20)25-22(28)21(18-9-4-3-5-10-18)27-14-12-26(2)13-15-27/h3-11,16,21H,12-15H2,1-2H3,(H,24,25,28). The van der Waals surface area contributed by atoms with Crippen LogP contribution in [0.25, 0.3) is 11.3 Å². The molecule has 4 rings (SSSR count). The summed E-state index contributed by atoms with van der Waals surface area (Å²) in [5.41, 5.74) is 4.20. The van der Waals surface area contributed by atoms with Crippen LogP contribution in [0.2, 0.25) is 0 Å². The Morgan fingerprint density at radius 3 is 2.45 bits per heavy atom. The Kier molecular flexibility index (Phi) is 6.04. The van der Waals surface area contributed by atoms with Gasteiger partial charge in [-0.3, -0.25) is 9.69 Å². The Morgan fingerprint density at radius 2 is 1.72 bits per heavy atom. The van der Waals surface area contributed by atoms with Crippen LogP contribution in [-0.2, 0) is 4.79 Å². The minimum absolute atomic E-state index is 0.0218. The van der Waals surface area contributed by atoms with Gasteiger partial charge in [-0.2, -0.15) is 0 Å². The van der Waals surface area contributed by atoms with Crippen LogP contribution in [0.4, 0.5) is 5.13 Å². The number of piperazine rings is 1. The highest BCUT2D eigenvalue weighted by Crippen LogP contribution is 2.29. The number of aromatic nitrogens is 1. The van der Waals surface area contributed by atoms with Crippen molar-refractivity contribution in [1.29, 1.82) is 0 Å². The third-order valence-corrected chi connectivity index (χ3v) is 6.18. The van der Waals surface area contributed by atoms with Crippen LogP contribution >= 0.6 is 11.3 Å². The molecular weight excluding hydrogens is 380 g/mol. The first-order valence-electron chi connectivity index (χ1n) is 9.92. The maximum absolute atomic E-state index is 13.3. The summed E-state index contributed by atoms with van der Waals surface area (Å²) in [7, 11) is 2.12. The molecule has 1 amide bonds. The molecule has 1 aromatic heterocycles. The molecule has 1 atom stereocenters. The molecule has 2 aromatic carbocycles. The molecule has 1 unspecified atom stereocenters. The third-order valence-electron chi connectivity index (χ3n) is 5.42. The minimum Gasteiger partial charge on any atom is -0.304 e. The number of hydrogen-bond acceptors (Lipinski definition) is 5. The largest absolute Gasteiger partial charge is 0.304 e. The van der Waals surface area contributed by atoms with Gasteiger partial charge in [0, 0.05) is 37.1 Å². The van der Waals surface area contributed by atoms with Gasteiger partial charge in [0.25, 0.3) is 0 Å². The van der Waals surface area contributed by atoms with Gasteiger partial charge in [0.05, 0.1) is 5.69 Å². The summed E-state index contributed by atoms with van der Waals surface area (Å²) in [6, 6.07) is 17.9. The van der Waals surface area contributed by atoms with Crippen molar-refractivity contribution in [2.75, 3.05) is 38.5 Å². The summed E-state index contributed by atoms with van der Waals surface area (Å²) in [4.78, 5) is 22.5. The number of benzene rings is 2. The van der Waals surface area contributed by atoms with Gasteiger partial charge >= 0.3 is 0 Å². The number of nitrogens with one attached hydrogen (secondary N) is 1. The first-order valence-corrected chi connectivity index (χ1v) is 10.8. The second-order valence-electron chi connectivity index (χ2n) is 7.49. The number of amides is 1. The molecule has 3 aromatic rings. The van der Waals surface area contributed by atoms with Gasteiger partial charge in [0.2, 0.25) is 5.91 Å². The van der Waals surface area contributed by atoms with Gasteiger partial charge < -0.3 is 10.2 Å². The zero-order valence-electron chi connectivity index (χ0n) is 16.8. The molecule has 0 radical (unpaired) electrons. The van der Waals surface area contributed by atoms with Crippen LogP contribution in [-0.4, -0.2) is 53.9 Å². The molecule has 0 aliphatic carbocycles. The van der Waals surface area contributed by atoms with Crippen molar-refractivity contribution in [2.24, 2.45) is 0 Å². The van der Waals surface area contributed by atoms with E-state index in [0.717, 1.165) is 43.0 Å². The normalized spacial score (nSPS) is 16.5. The molecule has 5 nitrogen and oxygen atoms in total. The highest BCUT2D eigenvalue weighted by molar-refractivity contribution is 7.14. The number of thiazole rings is 1. The van der Waals surface area contributed by atoms with Crippen molar-refractivity contribution in [3.63, 3.8) is 0 Å². The van der Waals surface area contributed by atoms with Gasteiger partial charge in [-0.25, -0.2) is 4.98 Å². The quantitative estimate of drug-likeness (QED) is 0.695. The second kappa shape index (κ2) is 8.86. The fourth-order valence-corrected chi connectivity index (χ4v) is 4.45. The van der Waals surface area contributed by atoms with Crippen molar-refractivity contribution in [1.82, 2.24) is 14.8 Å².